The highest BCUT2D eigenvalue weighted by Gasteiger charge is 2.22. The summed E-state index contributed by atoms with van der Waals surface area (Å²) >= 11 is 0. The Morgan fingerprint density at radius 2 is 2.37 bits per heavy atom. The average Bonchev–Trinajstić information content (AvgIpc) is 2.89. The van der Waals surface area contributed by atoms with E-state index in [1.165, 1.54) is 6.42 Å². The van der Waals surface area contributed by atoms with E-state index < -0.39 is 0 Å². The van der Waals surface area contributed by atoms with E-state index in [9.17, 15) is 4.79 Å². The third kappa shape index (κ3) is 3.98. The van der Waals surface area contributed by atoms with Crippen molar-refractivity contribution in [3.8, 4) is 0 Å². The van der Waals surface area contributed by atoms with Gasteiger partial charge in [0.15, 0.2) is 0 Å². The van der Waals surface area contributed by atoms with Gasteiger partial charge >= 0.3 is 6.03 Å². The number of nitrogens with zero attached hydrogens (tertiary/aromatic N) is 3. The Labute approximate surface area is 115 Å². The zero-order valence-corrected chi connectivity index (χ0v) is 11.9. The Morgan fingerprint density at radius 1 is 1.53 bits per heavy atom. The summed E-state index contributed by atoms with van der Waals surface area (Å²) in [6.45, 7) is 6.68. The summed E-state index contributed by atoms with van der Waals surface area (Å²) in [4.78, 5) is 14.1. The molecular formula is C14H24N4O. The van der Waals surface area contributed by atoms with Gasteiger partial charge in [-0.05, 0) is 38.2 Å². The molecule has 1 saturated heterocycles. The van der Waals surface area contributed by atoms with E-state index in [-0.39, 0.29) is 6.03 Å². The van der Waals surface area contributed by atoms with Gasteiger partial charge < -0.3 is 10.2 Å². The molecule has 2 heterocycles. The quantitative estimate of drug-likeness (QED) is 0.905. The maximum Gasteiger partial charge on any atom is 0.317 e. The van der Waals surface area contributed by atoms with Crippen molar-refractivity contribution in [2.24, 2.45) is 5.92 Å². The lowest BCUT2D eigenvalue weighted by atomic mass is 10.0. The second kappa shape index (κ2) is 6.59. The molecule has 2 amide bonds. The van der Waals surface area contributed by atoms with Crippen LogP contribution in [0.3, 0.4) is 0 Å². The number of carbonyl (C=O) groups excluding carboxylic acids is 1. The van der Waals surface area contributed by atoms with Gasteiger partial charge in [0.1, 0.15) is 0 Å². The van der Waals surface area contributed by atoms with Crippen molar-refractivity contribution in [2.45, 2.75) is 45.7 Å². The molecule has 5 nitrogen and oxygen atoms in total. The predicted molar refractivity (Wildman–Crippen MR) is 74.8 cm³/mol. The molecule has 1 fully saturated rings. The molecule has 19 heavy (non-hydrogen) atoms. The molecule has 1 aliphatic heterocycles. The Kier molecular flexibility index (Phi) is 4.82. The SMILES string of the molecule is CC(CNC(=O)N1CCCCC1C)Cn1cccn1. The Bertz CT molecular complexity index is 390. The van der Waals surface area contributed by atoms with Crippen LogP contribution < -0.4 is 5.32 Å². The van der Waals surface area contributed by atoms with Gasteiger partial charge in [-0.3, -0.25) is 4.68 Å². The average molecular weight is 264 g/mol. The summed E-state index contributed by atoms with van der Waals surface area (Å²) in [5.74, 6) is 0.379. The molecule has 1 aromatic heterocycles. The van der Waals surface area contributed by atoms with Crippen LogP contribution in [0.15, 0.2) is 18.5 Å². The largest absolute Gasteiger partial charge is 0.338 e. The summed E-state index contributed by atoms with van der Waals surface area (Å²) in [6.07, 6.45) is 7.21. The van der Waals surface area contributed by atoms with Gasteiger partial charge in [0.25, 0.3) is 0 Å². The Hall–Kier alpha value is -1.52. The van der Waals surface area contributed by atoms with Crippen molar-refractivity contribution in [3.63, 3.8) is 0 Å². The van der Waals surface area contributed by atoms with Gasteiger partial charge in [-0.15, -0.1) is 0 Å². The van der Waals surface area contributed by atoms with E-state index in [4.69, 9.17) is 0 Å². The first kappa shape index (κ1) is 13.9. The summed E-state index contributed by atoms with van der Waals surface area (Å²) in [5, 5.41) is 7.22. The van der Waals surface area contributed by atoms with E-state index in [1.807, 2.05) is 21.8 Å². The maximum absolute atomic E-state index is 12.1. The molecule has 0 aliphatic carbocycles. The number of piperidine rings is 1. The zero-order valence-electron chi connectivity index (χ0n) is 11.9. The smallest absolute Gasteiger partial charge is 0.317 e. The highest BCUT2D eigenvalue weighted by Crippen LogP contribution is 2.16. The van der Waals surface area contributed by atoms with Crippen LogP contribution in [-0.2, 0) is 6.54 Å². The lowest BCUT2D eigenvalue weighted by Crippen LogP contribution is -2.48. The van der Waals surface area contributed by atoms with E-state index in [1.54, 1.807) is 6.20 Å². The van der Waals surface area contributed by atoms with Gasteiger partial charge in [-0.25, -0.2) is 4.79 Å². The molecular weight excluding hydrogens is 240 g/mol. The number of hydrogen-bond donors (Lipinski definition) is 1. The molecule has 2 rings (SSSR count). The van der Waals surface area contributed by atoms with Gasteiger partial charge in [-0.1, -0.05) is 6.92 Å². The van der Waals surface area contributed by atoms with Crippen molar-refractivity contribution in [1.29, 1.82) is 0 Å². The second-order valence-corrected chi connectivity index (χ2v) is 5.56. The molecule has 0 spiro atoms. The topological polar surface area (TPSA) is 50.2 Å². The molecule has 0 saturated carbocycles. The summed E-state index contributed by atoms with van der Waals surface area (Å²) in [6, 6.07) is 2.37. The highest BCUT2D eigenvalue weighted by atomic mass is 16.2. The molecule has 0 aromatic carbocycles. The number of aromatic nitrogens is 2. The molecule has 2 atom stereocenters. The minimum absolute atomic E-state index is 0.0829. The number of urea groups is 1. The lowest BCUT2D eigenvalue weighted by molar-refractivity contribution is 0.156. The van der Waals surface area contributed by atoms with Gasteiger partial charge in [-0.2, -0.15) is 5.10 Å². The van der Waals surface area contributed by atoms with E-state index in [2.05, 4.69) is 24.3 Å². The van der Waals surface area contributed by atoms with Crippen LogP contribution in [0.1, 0.15) is 33.1 Å². The van der Waals surface area contributed by atoms with Crippen molar-refractivity contribution in [3.05, 3.63) is 18.5 Å². The molecule has 2 unspecified atom stereocenters. The van der Waals surface area contributed by atoms with Crippen molar-refractivity contribution < 1.29 is 4.79 Å². The van der Waals surface area contributed by atoms with Crippen molar-refractivity contribution in [1.82, 2.24) is 20.0 Å². The Morgan fingerprint density at radius 3 is 3.05 bits per heavy atom. The maximum atomic E-state index is 12.1. The number of hydrogen-bond acceptors (Lipinski definition) is 2. The number of rotatable bonds is 4. The number of nitrogens with one attached hydrogen (secondary N) is 1. The van der Waals surface area contributed by atoms with Crippen LogP contribution in [0.5, 0.6) is 0 Å². The minimum atomic E-state index is 0.0829. The fourth-order valence-electron chi connectivity index (χ4n) is 2.56. The summed E-state index contributed by atoms with van der Waals surface area (Å²) in [5.41, 5.74) is 0. The third-order valence-electron chi connectivity index (χ3n) is 3.72. The van der Waals surface area contributed by atoms with Gasteiger partial charge in [0.05, 0.1) is 0 Å². The molecule has 1 N–H and O–H groups in total. The molecule has 1 aliphatic rings. The van der Waals surface area contributed by atoms with Crippen LogP contribution >= 0.6 is 0 Å². The zero-order chi connectivity index (χ0) is 13.7. The van der Waals surface area contributed by atoms with Crippen LogP contribution in [0.2, 0.25) is 0 Å². The predicted octanol–water partition coefficient (Wildman–Crippen LogP) is 2.10. The number of carbonyl (C=O) groups is 1. The Balaban J connectivity index is 1.73. The second-order valence-electron chi connectivity index (χ2n) is 5.56. The van der Waals surface area contributed by atoms with Gasteiger partial charge in [0.2, 0.25) is 0 Å². The van der Waals surface area contributed by atoms with Crippen molar-refractivity contribution in [2.75, 3.05) is 13.1 Å². The van der Waals surface area contributed by atoms with Crippen LogP contribution in [0.25, 0.3) is 0 Å². The summed E-state index contributed by atoms with van der Waals surface area (Å²) < 4.78 is 1.90. The van der Waals surface area contributed by atoms with Crippen LogP contribution in [-0.4, -0.2) is 39.8 Å². The van der Waals surface area contributed by atoms with Gasteiger partial charge in [0, 0.05) is 38.1 Å². The lowest BCUT2D eigenvalue weighted by Gasteiger charge is -2.33. The van der Waals surface area contributed by atoms with E-state index in [0.717, 1.165) is 25.9 Å². The molecule has 0 radical (unpaired) electrons. The number of likely N-dealkylation sites (tertiary alicyclic amines) is 1. The molecule has 1 aromatic rings. The normalized spacial score (nSPS) is 21.2. The van der Waals surface area contributed by atoms with E-state index >= 15 is 0 Å². The first-order valence-electron chi connectivity index (χ1n) is 7.18. The first-order chi connectivity index (χ1) is 9.16. The van der Waals surface area contributed by atoms with Crippen LogP contribution in [0, 0.1) is 5.92 Å². The number of amides is 2. The summed E-state index contributed by atoms with van der Waals surface area (Å²) in [7, 11) is 0. The standard InChI is InChI=1S/C14H24N4O/c1-12(11-17-8-5-7-16-17)10-15-14(19)18-9-4-3-6-13(18)2/h5,7-8,12-13H,3-4,6,9-11H2,1-2H3,(H,15,19). The molecule has 106 valence electrons. The molecule has 0 bridgehead atoms. The first-order valence-corrected chi connectivity index (χ1v) is 7.18. The molecule has 5 heteroatoms. The third-order valence-corrected chi connectivity index (χ3v) is 3.72. The fourth-order valence-corrected chi connectivity index (χ4v) is 2.56. The monoisotopic (exact) mass is 264 g/mol. The van der Waals surface area contributed by atoms with Crippen LogP contribution in [0.4, 0.5) is 4.79 Å². The van der Waals surface area contributed by atoms with Crippen molar-refractivity contribution >= 4 is 6.03 Å². The minimum Gasteiger partial charge on any atom is -0.338 e. The fraction of sp³-hybridized carbons (Fsp3) is 0.714. The highest BCUT2D eigenvalue weighted by molar-refractivity contribution is 5.74. The van der Waals surface area contributed by atoms with E-state index in [0.29, 0.717) is 18.5 Å².